The van der Waals surface area contributed by atoms with Crippen LogP contribution in [0.1, 0.15) is 26.7 Å². The van der Waals surface area contributed by atoms with Crippen molar-refractivity contribution < 1.29 is 5.11 Å². The van der Waals surface area contributed by atoms with Gasteiger partial charge in [0, 0.05) is 0 Å². The average molecular weight is 157 g/mol. The normalized spacial score (nSPS) is 34.9. The minimum Gasteiger partial charge on any atom is -0.392 e. The SMILES string of the molecule is CCC(CN)C(O)C1CC1C. The van der Waals surface area contributed by atoms with Crippen molar-refractivity contribution in [3.63, 3.8) is 0 Å². The molecule has 0 radical (unpaired) electrons. The molecule has 4 unspecified atom stereocenters. The largest absolute Gasteiger partial charge is 0.392 e. The summed E-state index contributed by atoms with van der Waals surface area (Å²) in [7, 11) is 0. The zero-order valence-electron chi connectivity index (χ0n) is 7.46. The Kier molecular flexibility index (Phi) is 2.90. The first kappa shape index (κ1) is 9.01. The first-order valence-electron chi connectivity index (χ1n) is 4.58. The van der Waals surface area contributed by atoms with E-state index in [4.69, 9.17) is 5.73 Å². The van der Waals surface area contributed by atoms with Crippen molar-refractivity contribution in [1.82, 2.24) is 0 Å². The summed E-state index contributed by atoms with van der Waals surface area (Å²) in [6, 6.07) is 0. The van der Waals surface area contributed by atoms with E-state index < -0.39 is 0 Å². The average Bonchev–Trinajstić information content (AvgIpc) is 2.69. The maximum atomic E-state index is 9.74. The summed E-state index contributed by atoms with van der Waals surface area (Å²) in [5.41, 5.74) is 5.54. The fourth-order valence-electron chi connectivity index (χ4n) is 1.72. The summed E-state index contributed by atoms with van der Waals surface area (Å²) in [4.78, 5) is 0. The smallest absolute Gasteiger partial charge is 0.0611 e. The molecular weight excluding hydrogens is 138 g/mol. The van der Waals surface area contributed by atoms with E-state index in [1.165, 1.54) is 6.42 Å². The molecule has 0 aliphatic heterocycles. The highest BCUT2D eigenvalue weighted by Gasteiger charge is 2.41. The predicted octanol–water partition coefficient (Wildman–Crippen LogP) is 0.988. The number of rotatable bonds is 4. The first-order valence-corrected chi connectivity index (χ1v) is 4.58. The molecule has 1 rings (SSSR count). The van der Waals surface area contributed by atoms with Crippen LogP contribution in [0.4, 0.5) is 0 Å². The Labute approximate surface area is 68.8 Å². The number of hydrogen-bond acceptors (Lipinski definition) is 2. The van der Waals surface area contributed by atoms with E-state index >= 15 is 0 Å². The molecule has 1 fully saturated rings. The van der Waals surface area contributed by atoms with Gasteiger partial charge in [0.25, 0.3) is 0 Å². The molecule has 2 nitrogen and oxygen atoms in total. The quantitative estimate of drug-likeness (QED) is 0.639. The lowest BCUT2D eigenvalue weighted by Gasteiger charge is -2.19. The molecule has 1 aliphatic rings. The van der Waals surface area contributed by atoms with Crippen LogP contribution in [-0.4, -0.2) is 17.8 Å². The number of nitrogens with two attached hydrogens (primary N) is 1. The Balaban J connectivity index is 2.32. The monoisotopic (exact) mass is 157 g/mol. The van der Waals surface area contributed by atoms with E-state index in [1.807, 2.05) is 0 Å². The van der Waals surface area contributed by atoms with E-state index in [-0.39, 0.29) is 6.10 Å². The van der Waals surface area contributed by atoms with Crippen LogP contribution in [-0.2, 0) is 0 Å². The second-order valence-corrected chi connectivity index (χ2v) is 3.77. The highest BCUT2D eigenvalue weighted by molar-refractivity contribution is 4.91. The van der Waals surface area contributed by atoms with Crippen molar-refractivity contribution in [2.75, 3.05) is 6.54 Å². The van der Waals surface area contributed by atoms with Crippen LogP contribution in [0.3, 0.4) is 0 Å². The Morgan fingerprint density at radius 2 is 2.18 bits per heavy atom. The van der Waals surface area contributed by atoms with Gasteiger partial charge in [0.1, 0.15) is 0 Å². The third-order valence-electron chi connectivity index (χ3n) is 2.92. The van der Waals surface area contributed by atoms with Gasteiger partial charge in [-0.1, -0.05) is 13.8 Å². The second-order valence-electron chi connectivity index (χ2n) is 3.77. The third kappa shape index (κ3) is 1.94. The summed E-state index contributed by atoms with van der Waals surface area (Å²) < 4.78 is 0. The molecule has 0 aromatic rings. The molecule has 2 heteroatoms. The van der Waals surface area contributed by atoms with Gasteiger partial charge in [-0.3, -0.25) is 0 Å². The van der Waals surface area contributed by atoms with Gasteiger partial charge < -0.3 is 10.8 Å². The van der Waals surface area contributed by atoms with E-state index in [0.29, 0.717) is 18.4 Å². The molecule has 4 atom stereocenters. The maximum Gasteiger partial charge on any atom is 0.0611 e. The van der Waals surface area contributed by atoms with E-state index in [9.17, 15) is 5.11 Å². The molecule has 0 amide bonds. The highest BCUT2D eigenvalue weighted by atomic mass is 16.3. The first-order chi connectivity index (χ1) is 5.20. The van der Waals surface area contributed by atoms with E-state index in [0.717, 1.165) is 12.3 Å². The highest BCUT2D eigenvalue weighted by Crippen LogP contribution is 2.42. The molecule has 0 aromatic carbocycles. The lowest BCUT2D eigenvalue weighted by Crippen LogP contribution is -2.29. The second kappa shape index (κ2) is 3.55. The van der Waals surface area contributed by atoms with Crippen LogP contribution in [0.25, 0.3) is 0 Å². The zero-order chi connectivity index (χ0) is 8.43. The van der Waals surface area contributed by atoms with Crippen molar-refractivity contribution in [2.45, 2.75) is 32.8 Å². The van der Waals surface area contributed by atoms with Crippen LogP contribution >= 0.6 is 0 Å². The van der Waals surface area contributed by atoms with Crippen molar-refractivity contribution in [3.05, 3.63) is 0 Å². The van der Waals surface area contributed by atoms with Crippen LogP contribution in [0.5, 0.6) is 0 Å². The van der Waals surface area contributed by atoms with Crippen molar-refractivity contribution in [3.8, 4) is 0 Å². The van der Waals surface area contributed by atoms with Gasteiger partial charge in [0.2, 0.25) is 0 Å². The van der Waals surface area contributed by atoms with Gasteiger partial charge in [0.15, 0.2) is 0 Å². The summed E-state index contributed by atoms with van der Waals surface area (Å²) in [5, 5.41) is 9.74. The van der Waals surface area contributed by atoms with Crippen LogP contribution in [0, 0.1) is 17.8 Å². The fraction of sp³-hybridized carbons (Fsp3) is 1.00. The summed E-state index contributed by atoms with van der Waals surface area (Å²) in [6.07, 6.45) is 2.05. The van der Waals surface area contributed by atoms with Crippen LogP contribution in [0.2, 0.25) is 0 Å². The van der Waals surface area contributed by atoms with Gasteiger partial charge in [-0.15, -0.1) is 0 Å². The molecule has 0 bridgehead atoms. The summed E-state index contributed by atoms with van der Waals surface area (Å²) >= 11 is 0. The molecule has 0 spiro atoms. The molecule has 66 valence electrons. The molecule has 3 N–H and O–H groups in total. The molecule has 1 aliphatic carbocycles. The predicted molar refractivity (Wildman–Crippen MR) is 46.1 cm³/mol. The van der Waals surface area contributed by atoms with Crippen molar-refractivity contribution >= 4 is 0 Å². The lowest BCUT2D eigenvalue weighted by atomic mass is 9.95. The number of hydrogen-bond donors (Lipinski definition) is 2. The molecular formula is C9H19NO. The van der Waals surface area contributed by atoms with Gasteiger partial charge in [-0.25, -0.2) is 0 Å². The molecule has 0 aromatic heterocycles. The Morgan fingerprint density at radius 3 is 2.45 bits per heavy atom. The number of aliphatic hydroxyl groups excluding tert-OH is 1. The van der Waals surface area contributed by atoms with Gasteiger partial charge in [-0.05, 0) is 37.1 Å². The van der Waals surface area contributed by atoms with Crippen LogP contribution in [0.15, 0.2) is 0 Å². The fourth-order valence-corrected chi connectivity index (χ4v) is 1.72. The standard InChI is InChI=1S/C9H19NO/c1-3-7(5-10)9(11)8-4-6(8)2/h6-9,11H,3-5,10H2,1-2H3. The number of aliphatic hydroxyl groups is 1. The Hall–Kier alpha value is -0.0800. The van der Waals surface area contributed by atoms with E-state index in [2.05, 4.69) is 13.8 Å². The maximum absolute atomic E-state index is 9.74. The molecule has 11 heavy (non-hydrogen) atoms. The van der Waals surface area contributed by atoms with Gasteiger partial charge in [0.05, 0.1) is 6.10 Å². The summed E-state index contributed by atoms with van der Waals surface area (Å²) in [6.45, 7) is 4.91. The molecule has 1 saturated carbocycles. The van der Waals surface area contributed by atoms with Gasteiger partial charge >= 0.3 is 0 Å². The van der Waals surface area contributed by atoms with Gasteiger partial charge in [-0.2, -0.15) is 0 Å². The lowest BCUT2D eigenvalue weighted by molar-refractivity contribution is 0.0837. The van der Waals surface area contributed by atoms with Crippen LogP contribution < -0.4 is 5.73 Å². The Morgan fingerprint density at radius 1 is 1.64 bits per heavy atom. The topological polar surface area (TPSA) is 46.2 Å². The van der Waals surface area contributed by atoms with Crippen molar-refractivity contribution in [1.29, 1.82) is 0 Å². The Bertz CT molecular complexity index is 123. The molecule has 0 heterocycles. The summed E-state index contributed by atoms with van der Waals surface area (Å²) in [5.74, 6) is 1.60. The molecule has 0 saturated heterocycles. The third-order valence-corrected chi connectivity index (χ3v) is 2.92. The van der Waals surface area contributed by atoms with Crippen molar-refractivity contribution in [2.24, 2.45) is 23.5 Å². The zero-order valence-corrected chi connectivity index (χ0v) is 7.46. The van der Waals surface area contributed by atoms with E-state index in [1.54, 1.807) is 0 Å². The minimum atomic E-state index is -0.139. The minimum absolute atomic E-state index is 0.139.